The minimum absolute atomic E-state index is 0.0183. The molecule has 0 radical (unpaired) electrons. The third-order valence-corrected chi connectivity index (χ3v) is 5.90. The fraction of sp³-hybridized carbons (Fsp3) is 0.643. The molecule has 1 aromatic heterocycles. The van der Waals surface area contributed by atoms with Crippen molar-refractivity contribution in [3.05, 3.63) is 11.4 Å². The van der Waals surface area contributed by atoms with Crippen molar-refractivity contribution in [2.75, 3.05) is 7.05 Å². The largest absolute Gasteiger partial charge is 0.480 e. The summed E-state index contributed by atoms with van der Waals surface area (Å²) in [7, 11) is -1.03. The molecule has 0 bridgehead atoms. The quantitative estimate of drug-likeness (QED) is 0.738. The fourth-order valence-electron chi connectivity index (χ4n) is 2.19. The SMILES string of the molecule is Cc1nn(C)c(C)c1S(=O)(=O)NC(C)C(=O)N(C)C(C)(C)C(=O)O. The van der Waals surface area contributed by atoms with Crippen LogP contribution in [0.25, 0.3) is 0 Å². The van der Waals surface area contributed by atoms with Gasteiger partial charge in [0.2, 0.25) is 15.9 Å². The number of amides is 1. The number of carbonyl (C=O) groups is 2. The highest BCUT2D eigenvalue weighted by Gasteiger charge is 2.38. The van der Waals surface area contributed by atoms with Gasteiger partial charge in [-0.3, -0.25) is 9.48 Å². The van der Waals surface area contributed by atoms with E-state index in [9.17, 15) is 23.1 Å². The number of nitrogens with zero attached hydrogens (tertiary/aromatic N) is 3. The lowest BCUT2D eigenvalue weighted by molar-refractivity contribution is -0.155. The molecule has 24 heavy (non-hydrogen) atoms. The van der Waals surface area contributed by atoms with Crippen LogP contribution in [0, 0.1) is 13.8 Å². The average molecular weight is 360 g/mol. The maximum atomic E-state index is 12.6. The molecular weight excluding hydrogens is 336 g/mol. The second-order valence-electron chi connectivity index (χ2n) is 6.23. The number of carboxylic acid groups (broad SMARTS) is 1. The molecule has 0 spiro atoms. The highest BCUT2D eigenvalue weighted by molar-refractivity contribution is 7.89. The summed E-state index contributed by atoms with van der Waals surface area (Å²) in [6.45, 7) is 7.28. The van der Waals surface area contributed by atoms with E-state index in [4.69, 9.17) is 0 Å². The summed E-state index contributed by atoms with van der Waals surface area (Å²) >= 11 is 0. The molecular formula is C14H24N4O5S. The number of carboxylic acids is 1. The zero-order chi connectivity index (χ0) is 19.0. The predicted molar refractivity (Wildman–Crippen MR) is 87.0 cm³/mol. The van der Waals surface area contributed by atoms with Crippen LogP contribution in [0.4, 0.5) is 0 Å². The first kappa shape index (κ1) is 20.1. The molecule has 0 aliphatic heterocycles. The first-order chi connectivity index (χ1) is 10.7. The van der Waals surface area contributed by atoms with Crippen molar-refractivity contribution in [3.8, 4) is 0 Å². The average Bonchev–Trinajstić information content (AvgIpc) is 2.69. The Morgan fingerprint density at radius 2 is 1.83 bits per heavy atom. The molecule has 2 N–H and O–H groups in total. The van der Waals surface area contributed by atoms with Crippen LogP contribution in [0.5, 0.6) is 0 Å². The monoisotopic (exact) mass is 360 g/mol. The highest BCUT2D eigenvalue weighted by atomic mass is 32.2. The summed E-state index contributed by atoms with van der Waals surface area (Å²) in [6, 6.07) is -1.13. The number of aryl methyl sites for hydroxylation is 2. The van der Waals surface area contributed by atoms with Gasteiger partial charge in [-0.05, 0) is 34.6 Å². The maximum absolute atomic E-state index is 12.6. The Kier molecular flexibility index (Phi) is 5.46. The van der Waals surface area contributed by atoms with Gasteiger partial charge in [0.25, 0.3) is 0 Å². The van der Waals surface area contributed by atoms with E-state index >= 15 is 0 Å². The van der Waals surface area contributed by atoms with E-state index < -0.39 is 33.5 Å². The van der Waals surface area contributed by atoms with E-state index in [2.05, 4.69) is 9.82 Å². The van der Waals surface area contributed by atoms with Crippen LogP contribution in [-0.2, 0) is 26.7 Å². The second-order valence-corrected chi connectivity index (χ2v) is 7.88. The first-order valence-corrected chi connectivity index (χ1v) is 8.75. The summed E-state index contributed by atoms with van der Waals surface area (Å²) in [4.78, 5) is 24.7. The van der Waals surface area contributed by atoms with Crippen molar-refractivity contribution in [1.82, 2.24) is 19.4 Å². The number of nitrogens with one attached hydrogen (secondary N) is 1. The van der Waals surface area contributed by atoms with Gasteiger partial charge in [0.1, 0.15) is 10.4 Å². The second kappa shape index (κ2) is 6.52. The van der Waals surface area contributed by atoms with E-state index in [0.717, 1.165) is 4.90 Å². The van der Waals surface area contributed by atoms with Crippen molar-refractivity contribution in [3.63, 3.8) is 0 Å². The number of aromatic nitrogens is 2. The van der Waals surface area contributed by atoms with E-state index in [-0.39, 0.29) is 4.90 Å². The van der Waals surface area contributed by atoms with E-state index in [1.54, 1.807) is 20.9 Å². The van der Waals surface area contributed by atoms with Gasteiger partial charge < -0.3 is 10.0 Å². The Bertz CT molecular complexity index is 766. The predicted octanol–water partition coefficient (Wildman–Crippen LogP) is 0.0253. The van der Waals surface area contributed by atoms with E-state index in [1.165, 1.54) is 32.5 Å². The zero-order valence-corrected chi connectivity index (χ0v) is 15.7. The third-order valence-electron chi connectivity index (χ3n) is 4.11. The van der Waals surface area contributed by atoms with Gasteiger partial charge >= 0.3 is 5.97 Å². The summed E-state index contributed by atoms with van der Waals surface area (Å²) in [5, 5.41) is 13.2. The van der Waals surface area contributed by atoms with Gasteiger partial charge in [-0.25, -0.2) is 13.2 Å². The van der Waals surface area contributed by atoms with Gasteiger partial charge in [-0.2, -0.15) is 9.82 Å². The summed E-state index contributed by atoms with van der Waals surface area (Å²) in [6.07, 6.45) is 0. The summed E-state index contributed by atoms with van der Waals surface area (Å²) in [5.41, 5.74) is -0.697. The van der Waals surface area contributed by atoms with Crippen LogP contribution in [-0.4, -0.2) is 58.7 Å². The molecule has 0 aliphatic rings. The Morgan fingerprint density at radius 3 is 2.21 bits per heavy atom. The smallest absolute Gasteiger partial charge is 0.329 e. The first-order valence-electron chi connectivity index (χ1n) is 7.27. The van der Waals surface area contributed by atoms with E-state index in [1.807, 2.05) is 0 Å². The van der Waals surface area contributed by atoms with Crippen LogP contribution in [0.15, 0.2) is 4.90 Å². The molecule has 0 aromatic carbocycles. The molecule has 1 heterocycles. The van der Waals surface area contributed by atoms with Crippen molar-refractivity contribution in [2.45, 2.75) is 51.1 Å². The van der Waals surface area contributed by atoms with Crippen molar-refractivity contribution >= 4 is 21.9 Å². The summed E-state index contributed by atoms with van der Waals surface area (Å²) < 4.78 is 28.8. The molecule has 1 unspecified atom stereocenters. The van der Waals surface area contributed by atoms with Gasteiger partial charge in [0, 0.05) is 14.1 Å². The lowest BCUT2D eigenvalue weighted by Crippen LogP contribution is -2.56. The molecule has 1 rings (SSSR count). The topological polar surface area (TPSA) is 122 Å². The van der Waals surface area contributed by atoms with Crippen LogP contribution in [0.2, 0.25) is 0 Å². The van der Waals surface area contributed by atoms with Gasteiger partial charge in [-0.1, -0.05) is 0 Å². The van der Waals surface area contributed by atoms with Crippen molar-refractivity contribution in [1.29, 1.82) is 0 Å². The molecule has 9 nitrogen and oxygen atoms in total. The Labute approximate surface area is 141 Å². The zero-order valence-electron chi connectivity index (χ0n) is 14.9. The number of sulfonamides is 1. The number of likely N-dealkylation sites (N-methyl/N-ethyl adjacent to an activating group) is 1. The molecule has 0 aliphatic carbocycles. The van der Waals surface area contributed by atoms with Crippen molar-refractivity contribution in [2.24, 2.45) is 7.05 Å². The number of aliphatic carboxylic acids is 1. The minimum Gasteiger partial charge on any atom is -0.480 e. The van der Waals surface area contributed by atoms with Crippen LogP contribution < -0.4 is 4.72 Å². The molecule has 0 saturated heterocycles. The lowest BCUT2D eigenvalue weighted by Gasteiger charge is -2.33. The summed E-state index contributed by atoms with van der Waals surface area (Å²) in [5.74, 6) is -1.84. The minimum atomic E-state index is -3.97. The Morgan fingerprint density at radius 1 is 1.33 bits per heavy atom. The van der Waals surface area contributed by atoms with Gasteiger partial charge in [0.15, 0.2) is 0 Å². The normalized spacial score (nSPS) is 13.6. The van der Waals surface area contributed by atoms with Gasteiger partial charge in [-0.15, -0.1) is 0 Å². The van der Waals surface area contributed by atoms with Crippen LogP contribution >= 0.6 is 0 Å². The maximum Gasteiger partial charge on any atom is 0.329 e. The third kappa shape index (κ3) is 3.59. The molecule has 1 aromatic rings. The van der Waals surface area contributed by atoms with E-state index in [0.29, 0.717) is 11.4 Å². The molecule has 10 heteroatoms. The molecule has 136 valence electrons. The number of hydrogen-bond donors (Lipinski definition) is 2. The molecule has 1 atom stereocenters. The molecule has 0 fully saturated rings. The molecule has 1 amide bonds. The number of carbonyl (C=O) groups excluding carboxylic acids is 1. The number of rotatable bonds is 6. The van der Waals surface area contributed by atoms with Crippen molar-refractivity contribution < 1.29 is 23.1 Å². The Balaban J connectivity index is 3.08. The number of hydrogen-bond acceptors (Lipinski definition) is 5. The molecule has 0 saturated carbocycles. The van der Waals surface area contributed by atoms with Crippen LogP contribution in [0.1, 0.15) is 32.2 Å². The lowest BCUT2D eigenvalue weighted by atomic mass is 10.0. The highest BCUT2D eigenvalue weighted by Crippen LogP contribution is 2.19. The van der Waals surface area contributed by atoms with Gasteiger partial charge in [0.05, 0.1) is 17.4 Å². The fourth-order valence-corrected chi connectivity index (χ4v) is 3.83. The standard InChI is InChI=1S/C14H24N4O5S/c1-8-11(10(3)18(7)15-8)24(22,23)16-9(2)12(19)17(6)14(4,5)13(20)21/h9,16H,1-7H3,(H,20,21). The van der Waals surface area contributed by atoms with Crippen LogP contribution in [0.3, 0.4) is 0 Å². The Hall–Kier alpha value is -1.94.